The number of hydrogen-bond acceptors (Lipinski definition) is 4. The second-order valence-corrected chi connectivity index (χ2v) is 3.79. The van der Waals surface area contributed by atoms with Crippen molar-refractivity contribution in [2.24, 2.45) is 0 Å². The van der Waals surface area contributed by atoms with Gasteiger partial charge in [0.2, 0.25) is 0 Å². The Balaban J connectivity index is 2.38. The lowest BCUT2D eigenvalue weighted by Crippen LogP contribution is -1.86. The lowest BCUT2D eigenvalue weighted by Gasteiger charge is -1.99. The average Bonchev–Trinajstić information content (AvgIpc) is 2.71. The Morgan fingerprint density at radius 1 is 1.38 bits per heavy atom. The van der Waals surface area contributed by atoms with Gasteiger partial charge < -0.3 is 9.63 Å². The van der Waals surface area contributed by atoms with E-state index in [0.717, 1.165) is 18.4 Å². The molecule has 0 atom stereocenters. The van der Waals surface area contributed by atoms with Gasteiger partial charge in [0.15, 0.2) is 5.82 Å². The van der Waals surface area contributed by atoms with Crippen molar-refractivity contribution >= 4 is 0 Å². The van der Waals surface area contributed by atoms with Crippen LogP contribution < -0.4 is 0 Å². The van der Waals surface area contributed by atoms with Crippen molar-refractivity contribution in [2.45, 2.75) is 26.7 Å². The molecule has 2 aromatic rings. The van der Waals surface area contributed by atoms with E-state index in [1.54, 1.807) is 6.07 Å². The van der Waals surface area contributed by atoms with Crippen LogP contribution in [0.3, 0.4) is 0 Å². The maximum Gasteiger partial charge on any atom is 0.261 e. The normalized spacial score (nSPS) is 10.6. The molecule has 1 aromatic carbocycles. The molecule has 0 saturated heterocycles. The van der Waals surface area contributed by atoms with Gasteiger partial charge >= 0.3 is 0 Å². The van der Waals surface area contributed by atoms with Gasteiger partial charge in [-0.25, -0.2) is 0 Å². The zero-order valence-electron chi connectivity index (χ0n) is 9.40. The molecule has 1 heterocycles. The molecule has 0 bridgehead atoms. The van der Waals surface area contributed by atoms with E-state index in [0.29, 0.717) is 17.3 Å². The van der Waals surface area contributed by atoms with Gasteiger partial charge in [-0.3, -0.25) is 0 Å². The maximum absolute atomic E-state index is 9.70. The molecule has 4 heteroatoms. The van der Waals surface area contributed by atoms with E-state index in [1.807, 2.05) is 19.1 Å². The van der Waals surface area contributed by atoms with Crippen LogP contribution in [-0.2, 0) is 6.42 Å². The minimum atomic E-state index is 0.164. The molecule has 4 nitrogen and oxygen atoms in total. The Morgan fingerprint density at radius 2 is 2.19 bits per heavy atom. The van der Waals surface area contributed by atoms with Crippen molar-refractivity contribution in [3.63, 3.8) is 0 Å². The summed E-state index contributed by atoms with van der Waals surface area (Å²) in [6.45, 7) is 4.01. The Labute approximate surface area is 93.9 Å². The molecule has 0 fully saturated rings. The molecule has 0 saturated carbocycles. The molecule has 2 rings (SSSR count). The van der Waals surface area contributed by atoms with Gasteiger partial charge in [-0.1, -0.05) is 23.7 Å². The standard InChI is InChI=1S/C12H14N2O2/c1-3-4-11-13-12(16-14-11)9-7-8(2)5-6-10(9)15/h5-7,15H,3-4H2,1-2H3. The number of aryl methyl sites for hydroxylation is 2. The first-order chi connectivity index (χ1) is 7.70. The van der Waals surface area contributed by atoms with Crippen LogP contribution in [0.4, 0.5) is 0 Å². The van der Waals surface area contributed by atoms with Crippen molar-refractivity contribution in [1.82, 2.24) is 10.1 Å². The van der Waals surface area contributed by atoms with Gasteiger partial charge in [0.05, 0.1) is 5.56 Å². The summed E-state index contributed by atoms with van der Waals surface area (Å²) in [5.74, 6) is 1.22. The van der Waals surface area contributed by atoms with Crippen LogP contribution >= 0.6 is 0 Å². The molecule has 16 heavy (non-hydrogen) atoms. The predicted molar refractivity (Wildman–Crippen MR) is 60.1 cm³/mol. The number of aromatic nitrogens is 2. The third kappa shape index (κ3) is 2.05. The zero-order chi connectivity index (χ0) is 11.5. The van der Waals surface area contributed by atoms with E-state index in [4.69, 9.17) is 4.52 Å². The summed E-state index contributed by atoms with van der Waals surface area (Å²) in [4.78, 5) is 4.23. The summed E-state index contributed by atoms with van der Waals surface area (Å²) in [6.07, 6.45) is 1.76. The highest BCUT2D eigenvalue weighted by Crippen LogP contribution is 2.28. The third-order valence-corrected chi connectivity index (χ3v) is 2.32. The highest BCUT2D eigenvalue weighted by Gasteiger charge is 2.12. The fraction of sp³-hybridized carbons (Fsp3) is 0.333. The van der Waals surface area contributed by atoms with Crippen LogP contribution in [0.25, 0.3) is 11.5 Å². The Hall–Kier alpha value is -1.84. The summed E-state index contributed by atoms with van der Waals surface area (Å²) in [5.41, 5.74) is 1.64. The second kappa shape index (κ2) is 4.35. The smallest absolute Gasteiger partial charge is 0.261 e. The molecule has 1 N–H and O–H groups in total. The fourth-order valence-corrected chi connectivity index (χ4v) is 1.51. The molecule has 0 spiro atoms. The summed E-state index contributed by atoms with van der Waals surface area (Å²) in [6, 6.07) is 5.30. The third-order valence-electron chi connectivity index (χ3n) is 2.32. The Morgan fingerprint density at radius 3 is 2.94 bits per heavy atom. The number of hydrogen-bond donors (Lipinski definition) is 1. The monoisotopic (exact) mass is 218 g/mol. The second-order valence-electron chi connectivity index (χ2n) is 3.79. The van der Waals surface area contributed by atoms with Crippen LogP contribution in [0.1, 0.15) is 24.7 Å². The van der Waals surface area contributed by atoms with Crippen molar-refractivity contribution < 1.29 is 9.63 Å². The largest absolute Gasteiger partial charge is 0.507 e. The Bertz CT molecular complexity index is 492. The van der Waals surface area contributed by atoms with Crippen molar-refractivity contribution in [3.8, 4) is 17.2 Å². The number of phenolic OH excluding ortho intramolecular Hbond substituents is 1. The van der Waals surface area contributed by atoms with Gasteiger partial charge in [-0.15, -0.1) is 0 Å². The van der Waals surface area contributed by atoms with E-state index in [1.165, 1.54) is 0 Å². The topological polar surface area (TPSA) is 59.2 Å². The first-order valence-corrected chi connectivity index (χ1v) is 5.33. The van der Waals surface area contributed by atoms with E-state index >= 15 is 0 Å². The molecule has 1 aromatic heterocycles. The van der Waals surface area contributed by atoms with Crippen molar-refractivity contribution in [3.05, 3.63) is 29.6 Å². The van der Waals surface area contributed by atoms with Gasteiger partial charge in [0, 0.05) is 6.42 Å². The average molecular weight is 218 g/mol. The van der Waals surface area contributed by atoms with E-state index in [-0.39, 0.29) is 5.75 Å². The number of phenols is 1. The number of rotatable bonds is 3. The highest BCUT2D eigenvalue weighted by atomic mass is 16.5. The van der Waals surface area contributed by atoms with Crippen LogP contribution in [0.15, 0.2) is 22.7 Å². The molecule has 0 radical (unpaired) electrons. The molecule has 0 aliphatic carbocycles. The summed E-state index contributed by atoms with van der Waals surface area (Å²) in [5, 5.41) is 13.6. The maximum atomic E-state index is 9.70. The number of aromatic hydroxyl groups is 1. The minimum absolute atomic E-state index is 0.164. The molecule has 0 aliphatic heterocycles. The summed E-state index contributed by atoms with van der Waals surface area (Å²) < 4.78 is 5.12. The molecule has 0 unspecified atom stereocenters. The Kier molecular flexibility index (Phi) is 2.90. The summed E-state index contributed by atoms with van der Waals surface area (Å²) in [7, 11) is 0. The lowest BCUT2D eigenvalue weighted by molar-refractivity contribution is 0.417. The van der Waals surface area contributed by atoms with E-state index in [9.17, 15) is 5.11 Å². The zero-order valence-corrected chi connectivity index (χ0v) is 9.40. The SMILES string of the molecule is CCCc1noc(-c2cc(C)ccc2O)n1. The molecule has 0 aliphatic rings. The highest BCUT2D eigenvalue weighted by molar-refractivity contribution is 5.62. The molecular weight excluding hydrogens is 204 g/mol. The van der Waals surface area contributed by atoms with Crippen LogP contribution in [0.5, 0.6) is 5.75 Å². The minimum Gasteiger partial charge on any atom is -0.507 e. The first kappa shape index (κ1) is 10.7. The van der Waals surface area contributed by atoms with Gasteiger partial charge in [-0.05, 0) is 25.5 Å². The van der Waals surface area contributed by atoms with Gasteiger partial charge in [0.1, 0.15) is 5.75 Å². The molecule has 84 valence electrons. The first-order valence-electron chi connectivity index (χ1n) is 5.33. The van der Waals surface area contributed by atoms with Crippen LogP contribution in [0.2, 0.25) is 0 Å². The van der Waals surface area contributed by atoms with E-state index in [2.05, 4.69) is 17.1 Å². The van der Waals surface area contributed by atoms with E-state index < -0.39 is 0 Å². The van der Waals surface area contributed by atoms with Crippen LogP contribution in [-0.4, -0.2) is 15.2 Å². The van der Waals surface area contributed by atoms with Crippen LogP contribution in [0, 0.1) is 6.92 Å². The predicted octanol–water partition coefficient (Wildman–Crippen LogP) is 2.70. The molecular formula is C12H14N2O2. The lowest BCUT2D eigenvalue weighted by atomic mass is 10.1. The van der Waals surface area contributed by atoms with Crippen molar-refractivity contribution in [2.75, 3.05) is 0 Å². The number of nitrogens with zero attached hydrogens (tertiary/aromatic N) is 2. The fourth-order valence-electron chi connectivity index (χ4n) is 1.51. The van der Waals surface area contributed by atoms with Crippen molar-refractivity contribution in [1.29, 1.82) is 0 Å². The molecule has 0 amide bonds. The van der Waals surface area contributed by atoms with Gasteiger partial charge in [-0.2, -0.15) is 4.98 Å². The van der Waals surface area contributed by atoms with Gasteiger partial charge in [0.25, 0.3) is 5.89 Å². The quantitative estimate of drug-likeness (QED) is 0.860. The number of benzene rings is 1. The summed E-state index contributed by atoms with van der Waals surface area (Å²) >= 11 is 0.